The summed E-state index contributed by atoms with van der Waals surface area (Å²) >= 11 is 3.12. The number of anilines is 1. The van der Waals surface area contributed by atoms with Gasteiger partial charge in [0.1, 0.15) is 0 Å². The molecule has 3 aromatic rings. The molecule has 0 fully saturated rings. The van der Waals surface area contributed by atoms with Gasteiger partial charge < -0.3 is 10.2 Å². The number of hydrogen-bond acceptors (Lipinski definition) is 5. The van der Waals surface area contributed by atoms with E-state index in [9.17, 15) is 9.59 Å². The monoisotopic (exact) mass is 411 g/mol. The Morgan fingerprint density at radius 2 is 1.89 bits per heavy atom. The molecule has 0 bridgehead atoms. The van der Waals surface area contributed by atoms with Crippen molar-refractivity contribution in [2.75, 3.05) is 18.9 Å². The zero-order valence-corrected chi connectivity index (χ0v) is 17.3. The summed E-state index contributed by atoms with van der Waals surface area (Å²) in [5.74, 6) is 0.290. The second kappa shape index (κ2) is 9.52. The Labute approximate surface area is 172 Å². The fourth-order valence-corrected chi connectivity index (χ4v) is 4.17. The van der Waals surface area contributed by atoms with E-state index in [0.717, 1.165) is 21.8 Å². The molecule has 1 N–H and O–H groups in total. The Balaban J connectivity index is 1.62. The van der Waals surface area contributed by atoms with Gasteiger partial charge in [-0.25, -0.2) is 4.98 Å². The summed E-state index contributed by atoms with van der Waals surface area (Å²) in [6.45, 7) is 1.97. The molecule has 1 aromatic heterocycles. The minimum atomic E-state index is -0.229. The third-order valence-electron chi connectivity index (χ3n) is 4.04. The van der Waals surface area contributed by atoms with Crippen LogP contribution >= 0.6 is 23.1 Å². The van der Waals surface area contributed by atoms with E-state index in [1.54, 1.807) is 41.7 Å². The average Bonchev–Trinajstić information content (AvgIpc) is 3.21. The van der Waals surface area contributed by atoms with Crippen LogP contribution in [0.15, 0.2) is 64.3 Å². The van der Waals surface area contributed by atoms with Gasteiger partial charge in [-0.15, -0.1) is 23.1 Å². The number of likely N-dealkylation sites (N-methyl/N-ethyl adjacent to an activating group) is 1. The van der Waals surface area contributed by atoms with Crippen molar-refractivity contribution < 1.29 is 9.59 Å². The van der Waals surface area contributed by atoms with Crippen molar-refractivity contribution in [3.8, 4) is 0 Å². The summed E-state index contributed by atoms with van der Waals surface area (Å²) < 4.78 is 0. The first-order chi connectivity index (χ1) is 13.5. The molecule has 0 radical (unpaired) electrons. The normalized spacial score (nSPS) is 10.5. The predicted octanol–water partition coefficient (Wildman–Crippen LogP) is 4.45. The van der Waals surface area contributed by atoms with Crippen LogP contribution in [0.3, 0.4) is 0 Å². The number of thioether (sulfide) groups is 1. The van der Waals surface area contributed by atoms with E-state index in [4.69, 9.17) is 0 Å². The highest BCUT2D eigenvalue weighted by Crippen LogP contribution is 2.27. The third kappa shape index (κ3) is 5.43. The van der Waals surface area contributed by atoms with E-state index in [1.165, 1.54) is 4.90 Å². The number of aryl methyl sites for hydroxylation is 1. The molecule has 1 heterocycles. The van der Waals surface area contributed by atoms with Crippen molar-refractivity contribution in [3.05, 3.63) is 76.2 Å². The molecular formula is C21H21N3O2S2. The molecule has 2 amide bonds. The highest BCUT2D eigenvalue weighted by molar-refractivity contribution is 7.98. The molecule has 144 valence electrons. The van der Waals surface area contributed by atoms with Gasteiger partial charge in [-0.1, -0.05) is 29.8 Å². The number of nitrogens with one attached hydrogen (secondary N) is 1. The van der Waals surface area contributed by atoms with Crippen LogP contribution in [-0.2, 0) is 10.5 Å². The number of carbonyl (C=O) groups excluding carboxylic acids is 2. The van der Waals surface area contributed by atoms with E-state index in [1.807, 2.05) is 54.8 Å². The molecule has 3 rings (SSSR count). The van der Waals surface area contributed by atoms with Gasteiger partial charge in [0.2, 0.25) is 5.91 Å². The topological polar surface area (TPSA) is 62.3 Å². The second-order valence-corrected chi connectivity index (χ2v) is 8.08. The van der Waals surface area contributed by atoms with Crippen LogP contribution in [0.4, 0.5) is 5.69 Å². The van der Waals surface area contributed by atoms with Crippen molar-refractivity contribution in [1.82, 2.24) is 9.88 Å². The van der Waals surface area contributed by atoms with Crippen LogP contribution in [0.25, 0.3) is 0 Å². The molecule has 0 aliphatic carbocycles. The number of rotatable bonds is 7. The lowest BCUT2D eigenvalue weighted by Gasteiger charge is -2.18. The van der Waals surface area contributed by atoms with Gasteiger partial charge >= 0.3 is 0 Å². The Morgan fingerprint density at radius 1 is 1.14 bits per heavy atom. The lowest BCUT2D eigenvalue weighted by Crippen LogP contribution is -2.35. The quantitative estimate of drug-likeness (QED) is 0.583. The smallest absolute Gasteiger partial charge is 0.255 e. The molecule has 0 saturated carbocycles. The van der Waals surface area contributed by atoms with Gasteiger partial charge in [0.25, 0.3) is 5.91 Å². The summed E-state index contributed by atoms with van der Waals surface area (Å²) in [5, 5.41) is 4.82. The van der Waals surface area contributed by atoms with E-state index in [-0.39, 0.29) is 18.4 Å². The Bertz CT molecular complexity index is 941. The average molecular weight is 412 g/mol. The molecule has 0 aliphatic rings. The SMILES string of the molecule is Cc1ccc(NC(=O)CN(C)C(=O)c2ccccc2SCc2cscn2)cc1. The summed E-state index contributed by atoms with van der Waals surface area (Å²) in [6, 6.07) is 15.0. The Morgan fingerprint density at radius 3 is 2.61 bits per heavy atom. The molecule has 0 saturated heterocycles. The predicted molar refractivity (Wildman–Crippen MR) is 115 cm³/mol. The molecule has 5 nitrogen and oxygen atoms in total. The first kappa shape index (κ1) is 20.1. The highest BCUT2D eigenvalue weighted by atomic mass is 32.2. The van der Waals surface area contributed by atoms with Crippen molar-refractivity contribution in [2.45, 2.75) is 17.6 Å². The number of amides is 2. The number of nitrogens with zero attached hydrogens (tertiary/aromatic N) is 2. The molecule has 0 unspecified atom stereocenters. The van der Waals surface area contributed by atoms with Gasteiger partial charge in [-0.2, -0.15) is 0 Å². The van der Waals surface area contributed by atoms with Crippen molar-refractivity contribution >= 4 is 40.6 Å². The van der Waals surface area contributed by atoms with Crippen LogP contribution in [0.5, 0.6) is 0 Å². The minimum absolute atomic E-state index is 0.0161. The van der Waals surface area contributed by atoms with Crippen LogP contribution < -0.4 is 5.32 Å². The van der Waals surface area contributed by atoms with Gasteiger partial charge in [0, 0.05) is 28.8 Å². The van der Waals surface area contributed by atoms with E-state index in [0.29, 0.717) is 11.3 Å². The van der Waals surface area contributed by atoms with Crippen LogP contribution in [0, 0.1) is 6.92 Å². The standard InChI is InChI=1S/C21H21N3O2S2/c1-15-7-9-16(10-8-15)23-20(25)11-24(2)21(26)18-5-3-4-6-19(18)28-13-17-12-27-14-22-17/h3-10,12,14H,11,13H2,1-2H3,(H,23,25). The fraction of sp³-hybridized carbons (Fsp3) is 0.190. The summed E-state index contributed by atoms with van der Waals surface area (Å²) in [7, 11) is 1.64. The first-order valence-corrected chi connectivity index (χ1v) is 10.7. The molecule has 28 heavy (non-hydrogen) atoms. The van der Waals surface area contributed by atoms with E-state index >= 15 is 0 Å². The Hall–Kier alpha value is -2.64. The van der Waals surface area contributed by atoms with Gasteiger partial charge in [0.15, 0.2) is 0 Å². The van der Waals surface area contributed by atoms with Crippen molar-refractivity contribution in [3.63, 3.8) is 0 Å². The van der Waals surface area contributed by atoms with Gasteiger partial charge in [-0.3, -0.25) is 9.59 Å². The summed E-state index contributed by atoms with van der Waals surface area (Å²) in [4.78, 5) is 31.8. The van der Waals surface area contributed by atoms with Crippen LogP contribution in [0.1, 0.15) is 21.6 Å². The number of carbonyl (C=O) groups is 2. The molecule has 0 spiro atoms. The number of aromatic nitrogens is 1. The lowest BCUT2D eigenvalue weighted by molar-refractivity contribution is -0.116. The second-order valence-electron chi connectivity index (χ2n) is 6.34. The minimum Gasteiger partial charge on any atom is -0.332 e. The van der Waals surface area contributed by atoms with Gasteiger partial charge in [-0.05, 0) is 31.2 Å². The molecular weight excluding hydrogens is 390 g/mol. The maximum Gasteiger partial charge on any atom is 0.255 e. The van der Waals surface area contributed by atoms with Crippen LogP contribution in [0.2, 0.25) is 0 Å². The Kier molecular flexibility index (Phi) is 6.84. The van der Waals surface area contributed by atoms with Gasteiger partial charge in [0.05, 0.1) is 23.3 Å². The molecule has 2 aromatic carbocycles. The summed E-state index contributed by atoms with van der Waals surface area (Å²) in [6.07, 6.45) is 0. The van der Waals surface area contributed by atoms with Crippen LogP contribution in [-0.4, -0.2) is 35.3 Å². The molecule has 0 atom stereocenters. The third-order valence-corrected chi connectivity index (χ3v) is 5.78. The molecule has 0 aliphatic heterocycles. The lowest BCUT2D eigenvalue weighted by atomic mass is 10.2. The van der Waals surface area contributed by atoms with Crippen molar-refractivity contribution in [2.24, 2.45) is 0 Å². The molecule has 7 heteroatoms. The number of benzene rings is 2. The number of hydrogen-bond donors (Lipinski definition) is 1. The maximum atomic E-state index is 12.9. The maximum absolute atomic E-state index is 12.9. The van der Waals surface area contributed by atoms with E-state index in [2.05, 4.69) is 10.3 Å². The highest BCUT2D eigenvalue weighted by Gasteiger charge is 2.18. The first-order valence-electron chi connectivity index (χ1n) is 8.74. The zero-order valence-electron chi connectivity index (χ0n) is 15.7. The van der Waals surface area contributed by atoms with E-state index < -0.39 is 0 Å². The fourth-order valence-electron chi connectivity index (χ4n) is 2.56. The van der Waals surface area contributed by atoms with Crippen molar-refractivity contribution in [1.29, 1.82) is 0 Å². The zero-order chi connectivity index (χ0) is 19.9. The largest absolute Gasteiger partial charge is 0.332 e. The number of thiazole rings is 1. The summed E-state index contributed by atoms with van der Waals surface area (Å²) in [5.41, 5.74) is 5.22.